The molecule has 2 N–H and O–H groups in total. The normalized spacial score (nSPS) is 18.0. The molecule has 0 spiro atoms. The first-order valence-electron chi connectivity index (χ1n) is 9.23. The van der Waals surface area contributed by atoms with E-state index in [2.05, 4.69) is 10.2 Å². The van der Waals surface area contributed by atoms with Crippen molar-refractivity contribution in [2.45, 2.75) is 64.7 Å². The number of carboxylic acids is 1. The van der Waals surface area contributed by atoms with Crippen molar-refractivity contribution in [1.82, 2.24) is 5.32 Å². The van der Waals surface area contributed by atoms with Gasteiger partial charge in [0, 0.05) is 30.9 Å². The molecule has 27 heavy (non-hydrogen) atoms. The van der Waals surface area contributed by atoms with Crippen molar-refractivity contribution in [2.24, 2.45) is 0 Å². The Bertz CT molecular complexity index is 681. The van der Waals surface area contributed by atoms with Gasteiger partial charge >= 0.3 is 12.1 Å². The van der Waals surface area contributed by atoms with E-state index >= 15 is 0 Å². The van der Waals surface area contributed by atoms with Crippen LogP contribution in [0, 0.1) is 0 Å². The lowest BCUT2D eigenvalue weighted by Crippen LogP contribution is -2.49. The van der Waals surface area contributed by atoms with Crippen molar-refractivity contribution in [3.8, 4) is 5.75 Å². The summed E-state index contributed by atoms with van der Waals surface area (Å²) in [6, 6.07) is 7.37. The van der Waals surface area contributed by atoms with Crippen LogP contribution in [0.4, 0.5) is 10.5 Å². The van der Waals surface area contributed by atoms with Gasteiger partial charge in [0.2, 0.25) is 0 Å². The molecule has 0 aliphatic carbocycles. The summed E-state index contributed by atoms with van der Waals surface area (Å²) >= 11 is 0. The van der Waals surface area contributed by atoms with Crippen LogP contribution in [-0.2, 0) is 9.53 Å². The first kappa shape index (κ1) is 20.9. The fraction of sp³-hybridized carbons (Fsp3) is 0.600. The molecule has 0 aromatic heterocycles. The van der Waals surface area contributed by atoms with Crippen LogP contribution in [0.5, 0.6) is 5.75 Å². The first-order chi connectivity index (χ1) is 12.5. The second-order valence-electron chi connectivity index (χ2n) is 8.35. The Morgan fingerprint density at radius 3 is 2.56 bits per heavy atom. The maximum Gasteiger partial charge on any atom is 0.407 e. The standard InChI is InChI=1S/C20H30N2O5/c1-19(2,3)27-18(25)21-14-8-7-11-22(13-14)15-9-6-10-16(12-15)26-20(4,5)17(23)24/h6,9-10,12,14H,7-8,11,13H2,1-5H3,(H,21,25)(H,23,24). The molecule has 7 heteroatoms. The molecule has 1 fully saturated rings. The maximum atomic E-state index is 12.0. The number of ether oxygens (including phenoxy) is 2. The summed E-state index contributed by atoms with van der Waals surface area (Å²) in [4.78, 5) is 25.4. The molecule has 1 unspecified atom stereocenters. The molecule has 0 saturated carbocycles. The number of nitrogens with one attached hydrogen (secondary N) is 1. The zero-order valence-corrected chi connectivity index (χ0v) is 16.7. The molecular formula is C20H30N2O5. The van der Waals surface area contributed by atoms with Crippen molar-refractivity contribution < 1.29 is 24.2 Å². The lowest BCUT2D eigenvalue weighted by atomic mass is 10.0. The van der Waals surface area contributed by atoms with Gasteiger partial charge in [0.1, 0.15) is 11.4 Å². The van der Waals surface area contributed by atoms with Gasteiger partial charge in [-0.25, -0.2) is 9.59 Å². The fourth-order valence-corrected chi connectivity index (χ4v) is 2.89. The second-order valence-corrected chi connectivity index (χ2v) is 8.35. The molecule has 1 aromatic carbocycles. The number of carbonyl (C=O) groups excluding carboxylic acids is 1. The third kappa shape index (κ3) is 6.34. The van der Waals surface area contributed by atoms with E-state index in [4.69, 9.17) is 9.47 Å². The van der Waals surface area contributed by atoms with Gasteiger partial charge in [0.05, 0.1) is 0 Å². The fourth-order valence-electron chi connectivity index (χ4n) is 2.89. The quantitative estimate of drug-likeness (QED) is 0.816. The van der Waals surface area contributed by atoms with Gasteiger partial charge < -0.3 is 24.8 Å². The third-order valence-electron chi connectivity index (χ3n) is 4.21. The summed E-state index contributed by atoms with van der Waals surface area (Å²) in [7, 11) is 0. The summed E-state index contributed by atoms with van der Waals surface area (Å²) in [6.45, 7) is 10.1. The predicted molar refractivity (Wildman–Crippen MR) is 103 cm³/mol. The highest BCUT2D eigenvalue weighted by molar-refractivity contribution is 5.76. The van der Waals surface area contributed by atoms with E-state index in [0.29, 0.717) is 12.3 Å². The SMILES string of the molecule is CC(C)(C)OC(=O)NC1CCCN(c2cccc(OC(C)(C)C(=O)O)c2)C1. The topological polar surface area (TPSA) is 88.1 Å². The van der Waals surface area contributed by atoms with Gasteiger partial charge in [-0.1, -0.05) is 6.07 Å². The zero-order valence-electron chi connectivity index (χ0n) is 16.7. The van der Waals surface area contributed by atoms with E-state index < -0.39 is 23.3 Å². The summed E-state index contributed by atoms with van der Waals surface area (Å²) in [5, 5.41) is 12.2. The number of amides is 1. The van der Waals surface area contributed by atoms with Gasteiger partial charge in [-0.3, -0.25) is 0 Å². The van der Waals surface area contributed by atoms with Crippen LogP contribution in [0.2, 0.25) is 0 Å². The minimum absolute atomic E-state index is 0.00589. The molecule has 1 heterocycles. The molecule has 7 nitrogen and oxygen atoms in total. The summed E-state index contributed by atoms with van der Waals surface area (Å²) in [5.41, 5.74) is -0.896. The highest BCUT2D eigenvalue weighted by Gasteiger charge is 2.30. The highest BCUT2D eigenvalue weighted by atomic mass is 16.6. The number of nitrogens with zero attached hydrogens (tertiary/aromatic N) is 1. The minimum atomic E-state index is -1.30. The minimum Gasteiger partial charge on any atom is -0.478 e. The molecule has 0 radical (unpaired) electrons. The molecule has 0 bridgehead atoms. The van der Waals surface area contributed by atoms with Gasteiger partial charge in [-0.2, -0.15) is 0 Å². The Hall–Kier alpha value is -2.44. The Morgan fingerprint density at radius 2 is 1.93 bits per heavy atom. The Labute approximate surface area is 160 Å². The summed E-state index contributed by atoms with van der Waals surface area (Å²) < 4.78 is 11.0. The Kier molecular flexibility index (Phi) is 6.23. The number of hydrogen-bond donors (Lipinski definition) is 2. The lowest BCUT2D eigenvalue weighted by molar-refractivity contribution is -0.152. The van der Waals surface area contributed by atoms with Crippen LogP contribution in [0.3, 0.4) is 0 Å². The molecule has 1 aromatic rings. The largest absolute Gasteiger partial charge is 0.478 e. The number of piperidine rings is 1. The van der Waals surface area contributed by atoms with Crippen LogP contribution in [0.15, 0.2) is 24.3 Å². The van der Waals surface area contributed by atoms with Crippen LogP contribution in [-0.4, -0.2) is 47.5 Å². The number of carbonyl (C=O) groups is 2. The maximum absolute atomic E-state index is 12.0. The Morgan fingerprint density at radius 1 is 1.22 bits per heavy atom. The third-order valence-corrected chi connectivity index (χ3v) is 4.21. The van der Waals surface area contributed by atoms with E-state index in [0.717, 1.165) is 25.1 Å². The van der Waals surface area contributed by atoms with Crippen LogP contribution in [0.1, 0.15) is 47.5 Å². The van der Waals surface area contributed by atoms with E-state index in [9.17, 15) is 14.7 Å². The van der Waals surface area contributed by atoms with Crippen LogP contribution in [0.25, 0.3) is 0 Å². The van der Waals surface area contributed by atoms with Crippen molar-refractivity contribution in [3.05, 3.63) is 24.3 Å². The average molecular weight is 378 g/mol. The zero-order chi connectivity index (χ0) is 20.2. The number of rotatable bonds is 5. The molecule has 1 saturated heterocycles. The van der Waals surface area contributed by atoms with Crippen LogP contribution >= 0.6 is 0 Å². The Balaban J connectivity index is 2.02. The summed E-state index contributed by atoms with van der Waals surface area (Å²) in [5.74, 6) is -0.519. The highest BCUT2D eigenvalue weighted by Crippen LogP contribution is 2.27. The van der Waals surface area contributed by atoms with Crippen LogP contribution < -0.4 is 15.0 Å². The first-order valence-corrected chi connectivity index (χ1v) is 9.23. The molecule has 1 atom stereocenters. The molecular weight excluding hydrogens is 348 g/mol. The number of anilines is 1. The molecule has 1 amide bonds. The van der Waals surface area contributed by atoms with E-state index in [1.165, 1.54) is 13.8 Å². The monoisotopic (exact) mass is 378 g/mol. The molecule has 2 rings (SSSR count). The van der Waals surface area contributed by atoms with Gasteiger partial charge in [-0.05, 0) is 59.6 Å². The molecule has 1 aliphatic rings. The number of benzene rings is 1. The average Bonchev–Trinajstić information content (AvgIpc) is 2.53. The number of aliphatic carboxylic acids is 1. The number of alkyl carbamates (subject to hydrolysis) is 1. The van der Waals surface area contributed by atoms with Crippen molar-refractivity contribution in [1.29, 1.82) is 0 Å². The van der Waals surface area contributed by atoms with Crippen molar-refractivity contribution >= 4 is 17.7 Å². The smallest absolute Gasteiger partial charge is 0.407 e. The van der Waals surface area contributed by atoms with E-state index in [1.807, 2.05) is 39.0 Å². The molecule has 150 valence electrons. The molecule has 1 aliphatic heterocycles. The lowest BCUT2D eigenvalue weighted by Gasteiger charge is -2.35. The number of hydrogen-bond acceptors (Lipinski definition) is 5. The van der Waals surface area contributed by atoms with Gasteiger partial charge in [-0.15, -0.1) is 0 Å². The van der Waals surface area contributed by atoms with Crippen molar-refractivity contribution in [2.75, 3.05) is 18.0 Å². The van der Waals surface area contributed by atoms with Gasteiger partial charge in [0.25, 0.3) is 0 Å². The van der Waals surface area contributed by atoms with Gasteiger partial charge in [0.15, 0.2) is 5.60 Å². The second kappa shape index (κ2) is 8.06. The van der Waals surface area contributed by atoms with E-state index in [1.54, 1.807) is 6.07 Å². The summed E-state index contributed by atoms with van der Waals surface area (Å²) in [6.07, 6.45) is 1.42. The van der Waals surface area contributed by atoms with E-state index in [-0.39, 0.29) is 6.04 Å². The van der Waals surface area contributed by atoms with Crippen molar-refractivity contribution in [3.63, 3.8) is 0 Å². The predicted octanol–water partition coefficient (Wildman–Crippen LogP) is 3.42. The number of carboxylic acid groups (broad SMARTS) is 1.